The van der Waals surface area contributed by atoms with Crippen molar-refractivity contribution in [3.63, 3.8) is 0 Å². The monoisotopic (exact) mass is 300 g/mol. The Morgan fingerprint density at radius 1 is 1.32 bits per heavy atom. The Bertz CT molecular complexity index is 812. The topological polar surface area (TPSA) is 98.3 Å². The molecule has 114 valence electrons. The number of likely N-dealkylation sites (tertiary alicyclic amines) is 1. The third-order valence-corrected chi connectivity index (χ3v) is 3.89. The van der Waals surface area contributed by atoms with Crippen molar-refractivity contribution in [2.45, 2.75) is 19.4 Å². The Hall–Kier alpha value is -2.70. The van der Waals surface area contributed by atoms with E-state index in [1.54, 1.807) is 23.2 Å². The highest BCUT2D eigenvalue weighted by Gasteiger charge is 2.20. The first kappa shape index (κ1) is 14.2. The number of fused-ring (bicyclic) bond motifs is 1. The second kappa shape index (κ2) is 5.59. The highest BCUT2D eigenvalue weighted by molar-refractivity contribution is 5.95. The van der Waals surface area contributed by atoms with Gasteiger partial charge in [-0.15, -0.1) is 0 Å². The summed E-state index contributed by atoms with van der Waals surface area (Å²) in [4.78, 5) is 41.5. The number of amides is 2. The highest BCUT2D eigenvalue weighted by Crippen LogP contribution is 2.13. The summed E-state index contributed by atoms with van der Waals surface area (Å²) in [5.74, 6) is -0.676. The summed E-state index contributed by atoms with van der Waals surface area (Å²) in [6, 6.07) is 4.90. The predicted octanol–water partition coefficient (Wildman–Crippen LogP) is 0.118. The number of nitrogens with two attached hydrogens (primary N) is 1. The zero-order valence-electron chi connectivity index (χ0n) is 12.0. The third kappa shape index (κ3) is 2.45. The Morgan fingerprint density at radius 2 is 2.14 bits per heavy atom. The minimum atomic E-state index is -0.774. The van der Waals surface area contributed by atoms with Crippen molar-refractivity contribution in [1.29, 1.82) is 0 Å². The molecule has 2 amide bonds. The summed E-state index contributed by atoms with van der Waals surface area (Å²) in [5, 5.41) is 0. The van der Waals surface area contributed by atoms with Crippen LogP contribution in [0.5, 0.6) is 0 Å². The standard InChI is InChI=1S/C15H16N4O3/c16-14(21)10-9-11-12(3-1-5-17-11)19(15(10)22)8-7-18-6-2-4-13(18)20/h1,3,5,9H,2,4,6-8H2,(H2,16,21). The molecule has 0 atom stereocenters. The van der Waals surface area contributed by atoms with Gasteiger partial charge in [-0.2, -0.15) is 0 Å². The molecule has 2 N–H and O–H groups in total. The average molecular weight is 300 g/mol. The minimum Gasteiger partial charge on any atom is -0.365 e. The van der Waals surface area contributed by atoms with Crippen molar-refractivity contribution in [2.24, 2.45) is 5.73 Å². The maximum Gasteiger partial charge on any atom is 0.264 e. The molecule has 0 aromatic carbocycles. The van der Waals surface area contributed by atoms with Gasteiger partial charge >= 0.3 is 0 Å². The van der Waals surface area contributed by atoms with Crippen LogP contribution in [0.4, 0.5) is 0 Å². The van der Waals surface area contributed by atoms with Crippen LogP contribution in [0.15, 0.2) is 29.2 Å². The molecule has 1 saturated heterocycles. The molecule has 0 unspecified atom stereocenters. The zero-order valence-corrected chi connectivity index (χ0v) is 12.0. The lowest BCUT2D eigenvalue weighted by Crippen LogP contribution is -2.35. The van der Waals surface area contributed by atoms with Crippen molar-refractivity contribution in [3.8, 4) is 0 Å². The van der Waals surface area contributed by atoms with Gasteiger partial charge < -0.3 is 15.2 Å². The van der Waals surface area contributed by atoms with E-state index in [0.29, 0.717) is 37.1 Å². The van der Waals surface area contributed by atoms with Crippen molar-refractivity contribution in [1.82, 2.24) is 14.5 Å². The fraction of sp³-hybridized carbons (Fsp3) is 0.333. The predicted molar refractivity (Wildman–Crippen MR) is 80.3 cm³/mol. The van der Waals surface area contributed by atoms with Crippen molar-refractivity contribution < 1.29 is 9.59 Å². The van der Waals surface area contributed by atoms with Crippen LogP contribution in [0.25, 0.3) is 11.0 Å². The minimum absolute atomic E-state index is 0.0843. The van der Waals surface area contributed by atoms with Gasteiger partial charge in [-0.25, -0.2) is 0 Å². The van der Waals surface area contributed by atoms with E-state index < -0.39 is 11.5 Å². The molecule has 2 aromatic heterocycles. The average Bonchev–Trinajstić information content (AvgIpc) is 2.91. The van der Waals surface area contributed by atoms with Gasteiger partial charge in [0.25, 0.3) is 11.5 Å². The molecule has 2 aromatic rings. The van der Waals surface area contributed by atoms with E-state index in [2.05, 4.69) is 4.98 Å². The molecular weight excluding hydrogens is 284 g/mol. The summed E-state index contributed by atoms with van der Waals surface area (Å²) in [6.07, 6.45) is 2.99. The Balaban J connectivity index is 2.02. The Kier molecular flexibility index (Phi) is 3.62. The van der Waals surface area contributed by atoms with Gasteiger partial charge in [-0.1, -0.05) is 0 Å². The SMILES string of the molecule is NC(=O)c1cc2ncccc2n(CCN2CCCC2=O)c1=O. The number of nitrogens with zero attached hydrogens (tertiary/aromatic N) is 3. The first-order valence-corrected chi connectivity index (χ1v) is 7.14. The fourth-order valence-electron chi connectivity index (χ4n) is 2.76. The van der Waals surface area contributed by atoms with Gasteiger partial charge in [-0.05, 0) is 24.6 Å². The summed E-state index contributed by atoms with van der Waals surface area (Å²) in [5.41, 5.74) is 5.90. The molecular formula is C15H16N4O3. The summed E-state index contributed by atoms with van der Waals surface area (Å²) in [6.45, 7) is 1.46. The first-order chi connectivity index (χ1) is 10.6. The van der Waals surface area contributed by atoms with Gasteiger partial charge in [0, 0.05) is 32.3 Å². The molecule has 22 heavy (non-hydrogen) atoms. The number of primary amides is 1. The summed E-state index contributed by atoms with van der Waals surface area (Å²) in [7, 11) is 0. The molecule has 0 bridgehead atoms. The zero-order chi connectivity index (χ0) is 15.7. The Labute approximate surface area is 126 Å². The normalized spacial score (nSPS) is 14.7. The van der Waals surface area contributed by atoms with Crippen LogP contribution < -0.4 is 11.3 Å². The lowest BCUT2D eigenvalue weighted by atomic mass is 10.2. The number of pyridine rings is 2. The lowest BCUT2D eigenvalue weighted by molar-refractivity contribution is -0.127. The van der Waals surface area contributed by atoms with Gasteiger partial charge in [-0.3, -0.25) is 19.4 Å². The number of rotatable bonds is 4. The second-order valence-electron chi connectivity index (χ2n) is 5.27. The van der Waals surface area contributed by atoms with E-state index in [-0.39, 0.29) is 11.5 Å². The molecule has 0 saturated carbocycles. The number of hydrogen-bond donors (Lipinski definition) is 1. The van der Waals surface area contributed by atoms with Gasteiger partial charge in [0.1, 0.15) is 5.56 Å². The molecule has 1 aliphatic heterocycles. The van der Waals surface area contributed by atoms with Crippen LogP contribution in [0.2, 0.25) is 0 Å². The smallest absolute Gasteiger partial charge is 0.264 e. The fourth-order valence-corrected chi connectivity index (χ4v) is 2.76. The highest BCUT2D eigenvalue weighted by atomic mass is 16.2. The number of carbonyl (C=O) groups excluding carboxylic acids is 2. The van der Waals surface area contributed by atoms with Crippen molar-refractivity contribution in [3.05, 3.63) is 40.3 Å². The van der Waals surface area contributed by atoms with Gasteiger partial charge in [0.2, 0.25) is 5.91 Å². The van der Waals surface area contributed by atoms with Gasteiger partial charge in [0.15, 0.2) is 0 Å². The van der Waals surface area contributed by atoms with Crippen LogP contribution in [-0.2, 0) is 11.3 Å². The van der Waals surface area contributed by atoms with E-state index in [0.717, 1.165) is 6.42 Å². The molecule has 1 aliphatic rings. The molecule has 0 spiro atoms. The van der Waals surface area contributed by atoms with E-state index >= 15 is 0 Å². The molecule has 0 aliphatic carbocycles. The van der Waals surface area contributed by atoms with Crippen LogP contribution in [0, 0.1) is 0 Å². The van der Waals surface area contributed by atoms with Crippen LogP contribution in [0.3, 0.4) is 0 Å². The van der Waals surface area contributed by atoms with Crippen molar-refractivity contribution in [2.75, 3.05) is 13.1 Å². The molecule has 1 fully saturated rings. The van der Waals surface area contributed by atoms with E-state index in [9.17, 15) is 14.4 Å². The first-order valence-electron chi connectivity index (χ1n) is 7.14. The van der Waals surface area contributed by atoms with Crippen LogP contribution >= 0.6 is 0 Å². The van der Waals surface area contributed by atoms with E-state index in [1.807, 2.05) is 0 Å². The number of carbonyl (C=O) groups is 2. The molecule has 0 radical (unpaired) electrons. The number of hydrogen-bond acceptors (Lipinski definition) is 4. The number of aromatic nitrogens is 2. The summed E-state index contributed by atoms with van der Waals surface area (Å²) < 4.78 is 1.47. The largest absolute Gasteiger partial charge is 0.365 e. The molecule has 3 heterocycles. The second-order valence-corrected chi connectivity index (χ2v) is 5.27. The maximum atomic E-state index is 12.4. The van der Waals surface area contributed by atoms with E-state index in [4.69, 9.17) is 5.73 Å². The van der Waals surface area contributed by atoms with E-state index in [1.165, 1.54) is 10.6 Å². The molecule has 7 heteroatoms. The third-order valence-electron chi connectivity index (χ3n) is 3.89. The van der Waals surface area contributed by atoms with Crippen molar-refractivity contribution >= 4 is 22.8 Å². The quantitative estimate of drug-likeness (QED) is 0.867. The maximum absolute atomic E-state index is 12.4. The lowest BCUT2D eigenvalue weighted by Gasteiger charge is -2.17. The molecule has 3 rings (SSSR count). The summed E-state index contributed by atoms with van der Waals surface area (Å²) >= 11 is 0. The van der Waals surface area contributed by atoms with Crippen LogP contribution in [-0.4, -0.2) is 39.4 Å². The van der Waals surface area contributed by atoms with Gasteiger partial charge in [0.05, 0.1) is 11.0 Å². The van der Waals surface area contributed by atoms with Crippen LogP contribution in [0.1, 0.15) is 23.2 Å². The molecule has 7 nitrogen and oxygen atoms in total. The Morgan fingerprint density at radius 3 is 2.82 bits per heavy atom.